The van der Waals surface area contributed by atoms with Crippen molar-refractivity contribution in [1.82, 2.24) is 9.80 Å². The minimum absolute atomic E-state index is 0.105. The van der Waals surface area contributed by atoms with E-state index in [-0.39, 0.29) is 24.2 Å². The van der Waals surface area contributed by atoms with Crippen molar-refractivity contribution < 1.29 is 18.7 Å². The molecule has 0 atom stereocenters. The molecule has 0 aliphatic carbocycles. The second-order valence-corrected chi connectivity index (χ2v) is 6.94. The van der Waals surface area contributed by atoms with Gasteiger partial charge in [0.15, 0.2) is 0 Å². The van der Waals surface area contributed by atoms with Crippen LogP contribution in [0.4, 0.5) is 4.39 Å². The van der Waals surface area contributed by atoms with E-state index in [1.165, 1.54) is 17.0 Å². The summed E-state index contributed by atoms with van der Waals surface area (Å²) in [7, 11) is 1.55. The van der Waals surface area contributed by atoms with Crippen LogP contribution in [-0.4, -0.2) is 41.8 Å². The van der Waals surface area contributed by atoms with Crippen LogP contribution in [0.25, 0.3) is 5.57 Å². The average Bonchev–Trinajstić information content (AvgIpc) is 3.32. The highest BCUT2D eigenvalue weighted by molar-refractivity contribution is 6.35. The topological polar surface area (TPSA) is 49.9 Å². The van der Waals surface area contributed by atoms with Crippen LogP contribution in [0.1, 0.15) is 24.0 Å². The fourth-order valence-electron chi connectivity index (χ4n) is 3.81. The molecule has 0 unspecified atom stereocenters. The molecule has 0 bridgehead atoms. The number of hydrogen-bond acceptors (Lipinski definition) is 4. The molecule has 4 rings (SSSR count). The smallest absolute Gasteiger partial charge is 0.278 e. The lowest BCUT2D eigenvalue weighted by Gasteiger charge is -2.20. The number of carbonyl (C=O) groups is 2. The molecule has 0 saturated carbocycles. The number of ether oxygens (including phenoxy) is 1. The van der Waals surface area contributed by atoms with Crippen LogP contribution < -0.4 is 4.74 Å². The van der Waals surface area contributed by atoms with E-state index in [0.29, 0.717) is 28.1 Å². The molecule has 5 nitrogen and oxygen atoms in total. The quantitative estimate of drug-likeness (QED) is 0.748. The summed E-state index contributed by atoms with van der Waals surface area (Å²) in [5.74, 6) is -0.453. The molecule has 6 heteroatoms. The fraction of sp³-hybridized carbons (Fsp3) is 0.273. The largest absolute Gasteiger partial charge is 0.496 e. The summed E-state index contributed by atoms with van der Waals surface area (Å²) in [4.78, 5) is 29.8. The van der Waals surface area contributed by atoms with Crippen LogP contribution in [0.15, 0.2) is 54.2 Å². The second kappa shape index (κ2) is 7.46. The number of para-hydroxylation sites is 1. The van der Waals surface area contributed by atoms with Crippen LogP contribution >= 0.6 is 0 Å². The van der Waals surface area contributed by atoms with E-state index in [4.69, 9.17) is 4.74 Å². The van der Waals surface area contributed by atoms with Gasteiger partial charge >= 0.3 is 0 Å². The Hall–Kier alpha value is -3.15. The van der Waals surface area contributed by atoms with Gasteiger partial charge in [-0.05, 0) is 36.6 Å². The van der Waals surface area contributed by atoms with E-state index in [2.05, 4.69) is 0 Å². The lowest BCUT2D eigenvalue weighted by molar-refractivity contribution is -0.138. The number of imide groups is 1. The molecular formula is C22H21FN2O3. The second-order valence-electron chi connectivity index (χ2n) is 6.94. The van der Waals surface area contributed by atoms with Gasteiger partial charge in [-0.2, -0.15) is 0 Å². The molecule has 2 aromatic rings. The predicted octanol–water partition coefficient (Wildman–Crippen LogP) is 3.21. The highest BCUT2D eigenvalue weighted by Gasteiger charge is 2.42. The molecule has 2 aliphatic rings. The van der Waals surface area contributed by atoms with Crippen LogP contribution in [0.2, 0.25) is 0 Å². The van der Waals surface area contributed by atoms with Crippen molar-refractivity contribution in [3.63, 3.8) is 0 Å². The number of nitrogens with zero attached hydrogens (tertiary/aromatic N) is 2. The normalized spacial score (nSPS) is 17.1. The molecule has 2 aliphatic heterocycles. The van der Waals surface area contributed by atoms with Gasteiger partial charge < -0.3 is 9.64 Å². The summed E-state index contributed by atoms with van der Waals surface area (Å²) in [6.07, 6.45) is 1.98. The monoisotopic (exact) mass is 380 g/mol. The lowest BCUT2D eigenvalue weighted by atomic mass is 10.0. The van der Waals surface area contributed by atoms with Crippen molar-refractivity contribution in [2.45, 2.75) is 19.4 Å². The zero-order chi connectivity index (χ0) is 19.7. The molecule has 0 N–H and O–H groups in total. The van der Waals surface area contributed by atoms with Crippen LogP contribution in [0.5, 0.6) is 5.75 Å². The van der Waals surface area contributed by atoms with Crippen LogP contribution in [0.3, 0.4) is 0 Å². The molecule has 1 fully saturated rings. The molecule has 0 radical (unpaired) electrons. The summed E-state index contributed by atoms with van der Waals surface area (Å²) in [6.45, 7) is 1.60. The molecule has 2 aromatic carbocycles. The Morgan fingerprint density at radius 2 is 1.64 bits per heavy atom. The SMILES string of the molecule is COc1ccccc1C1=C(N2CCCC2)C(=O)N(Cc2ccc(F)cc2)C1=O. The first-order valence-corrected chi connectivity index (χ1v) is 9.33. The Labute approximate surface area is 163 Å². The number of likely N-dealkylation sites (tertiary alicyclic amines) is 1. The van der Waals surface area contributed by atoms with Crippen molar-refractivity contribution in [1.29, 1.82) is 0 Å². The van der Waals surface area contributed by atoms with Gasteiger partial charge in [0.2, 0.25) is 0 Å². The maximum atomic E-state index is 13.3. The molecule has 0 spiro atoms. The van der Waals surface area contributed by atoms with E-state index in [9.17, 15) is 14.0 Å². The maximum Gasteiger partial charge on any atom is 0.278 e. The van der Waals surface area contributed by atoms with Gasteiger partial charge in [-0.3, -0.25) is 14.5 Å². The Balaban J connectivity index is 1.76. The predicted molar refractivity (Wildman–Crippen MR) is 103 cm³/mol. The van der Waals surface area contributed by atoms with Gasteiger partial charge in [0.25, 0.3) is 11.8 Å². The van der Waals surface area contributed by atoms with Crippen molar-refractivity contribution in [2.24, 2.45) is 0 Å². The van der Waals surface area contributed by atoms with Crippen molar-refractivity contribution in [2.75, 3.05) is 20.2 Å². The van der Waals surface area contributed by atoms with Crippen LogP contribution in [-0.2, 0) is 16.1 Å². The van der Waals surface area contributed by atoms with E-state index in [1.54, 1.807) is 31.4 Å². The minimum Gasteiger partial charge on any atom is -0.496 e. The molecule has 1 saturated heterocycles. The molecule has 144 valence electrons. The lowest BCUT2D eigenvalue weighted by Crippen LogP contribution is -2.34. The fourth-order valence-corrected chi connectivity index (χ4v) is 3.81. The molecule has 28 heavy (non-hydrogen) atoms. The standard InChI is InChI=1S/C22H21FN2O3/c1-28-18-7-3-2-6-17(18)19-20(24-12-4-5-13-24)22(27)25(21(19)26)14-15-8-10-16(23)11-9-15/h2-3,6-11H,4-5,12-14H2,1H3. The van der Waals surface area contributed by atoms with E-state index in [0.717, 1.165) is 25.9 Å². The van der Waals surface area contributed by atoms with E-state index in [1.807, 2.05) is 17.0 Å². The Bertz CT molecular complexity index is 947. The number of rotatable bonds is 5. The Kier molecular flexibility index (Phi) is 4.86. The number of methoxy groups -OCH3 is 1. The number of hydrogen-bond donors (Lipinski definition) is 0. The third kappa shape index (κ3) is 3.15. The first-order chi connectivity index (χ1) is 13.6. The molecule has 0 aromatic heterocycles. The van der Waals surface area contributed by atoms with Gasteiger partial charge in [-0.1, -0.05) is 30.3 Å². The summed E-state index contributed by atoms with van der Waals surface area (Å²) < 4.78 is 18.7. The first-order valence-electron chi connectivity index (χ1n) is 9.33. The Morgan fingerprint density at radius 1 is 0.964 bits per heavy atom. The van der Waals surface area contributed by atoms with E-state index >= 15 is 0 Å². The molecule has 2 amide bonds. The Morgan fingerprint density at radius 3 is 2.32 bits per heavy atom. The van der Waals surface area contributed by atoms with Crippen molar-refractivity contribution in [3.8, 4) is 5.75 Å². The minimum atomic E-state index is -0.353. The van der Waals surface area contributed by atoms with Gasteiger partial charge in [-0.15, -0.1) is 0 Å². The van der Waals surface area contributed by atoms with Crippen LogP contribution in [0, 0.1) is 5.82 Å². The van der Waals surface area contributed by atoms with Gasteiger partial charge in [-0.25, -0.2) is 4.39 Å². The summed E-state index contributed by atoms with van der Waals surface area (Å²) >= 11 is 0. The summed E-state index contributed by atoms with van der Waals surface area (Å²) in [5, 5.41) is 0. The van der Waals surface area contributed by atoms with Crippen molar-refractivity contribution >= 4 is 17.4 Å². The van der Waals surface area contributed by atoms with Gasteiger partial charge in [0.1, 0.15) is 17.3 Å². The number of benzene rings is 2. The number of amides is 2. The summed E-state index contributed by atoms with van der Waals surface area (Å²) in [5.41, 5.74) is 2.14. The van der Waals surface area contributed by atoms with E-state index < -0.39 is 0 Å². The highest BCUT2D eigenvalue weighted by Crippen LogP contribution is 2.37. The molecular weight excluding hydrogens is 359 g/mol. The number of carbonyl (C=O) groups excluding carboxylic acids is 2. The zero-order valence-electron chi connectivity index (χ0n) is 15.7. The average molecular weight is 380 g/mol. The highest BCUT2D eigenvalue weighted by atomic mass is 19.1. The number of halogens is 1. The van der Waals surface area contributed by atoms with Crippen molar-refractivity contribution in [3.05, 3.63) is 71.2 Å². The zero-order valence-corrected chi connectivity index (χ0v) is 15.7. The summed E-state index contributed by atoms with van der Waals surface area (Å²) in [6, 6.07) is 13.1. The van der Waals surface area contributed by atoms with Gasteiger partial charge in [0.05, 0.1) is 19.2 Å². The molecule has 2 heterocycles. The maximum absolute atomic E-state index is 13.3. The third-order valence-electron chi connectivity index (χ3n) is 5.20. The third-order valence-corrected chi connectivity index (χ3v) is 5.20. The van der Waals surface area contributed by atoms with Gasteiger partial charge in [0, 0.05) is 18.7 Å². The first kappa shape index (κ1) is 18.2.